The molecule has 1 atom stereocenters. The zero-order valence-corrected chi connectivity index (χ0v) is 16.9. The maximum atomic E-state index is 11.6. The van der Waals surface area contributed by atoms with Gasteiger partial charge in [0.15, 0.2) is 0 Å². The smallest absolute Gasteiger partial charge is 0.305 e. The van der Waals surface area contributed by atoms with E-state index in [1.54, 1.807) is 7.11 Å². The number of anilines is 2. The summed E-state index contributed by atoms with van der Waals surface area (Å²) in [6.07, 6.45) is 0.911. The predicted octanol–water partition coefficient (Wildman–Crippen LogP) is 4.22. The first-order valence-electron chi connectivity index (χ1n) is 8.66. The van der Waals surface area contributed by atoms with Crippen LogP contribution in [0.3, 0.4) is 0 Å². The van der Waals surface area contributed by atoms with Gasteiger partial charge in [0, 0.05) is 10.9 Å². The number of halogens is 1. The number of hydrogen-bond donors (Lipinski definition) is 2. The molecule has 0 radical (unpaired) electrons. The quantitative estimate of drug-likeness (QED) is 0.669. The highest BCUT2D eigenvalue weighted by Crippen LogP contribution is 2.31. The number of nitrogens with one attached hydrogen (secondary N) is 2. The molecule has 0 fully saturated rings. The number of esters is 1. The largest absolute Gasteiger partial charge is 0.497 e. The molecule has 1 heterocycles. The molecular weight excluding hydrogens is 410 g/mol. The molecule has 1 aliphatic heterocycles. The van der Waals surface area contributed by atoms with E-state index in [9.17, 15) is 4.79 Å². The number of fused-ring (bicyclic) bond motifs is 1. The lowest BCUT2D eigenvalue weighted by Crippen LogP contribution is -2.39. The third kappa shape index (κ3) is 5.01. The fourth-order valence-electron chi connectivity index (χ4n) is 2.86. The Labute approximate surface area is 167 Å². The second-order valence-electron chi connectivity index (χ2n) is 6.18. The van der Waals surface area contributed by atoms with Crippen molar-refractivity contribution in [3.05, 3.63) is 52.5 Å². The number of rotatable bonds is 6. The highest BCUT2D eigenvalue weighted by Gasteiger charge is 2.24. The number of hydrogen-bond acceptors (Lipinski definition) is 5. The summed E-state index contributed by atoms with van der Waals surface area (Å²) in [5.74, 6) is 1.40. The van der Waals surface area contributed by atoms with Crippen LogP contribution in [0.1, 0.15) is 18.4 Å². The molecule has 2 N–H and O–H groups in total. The number of carbonyl (C=O) groups is 1. The van der Waals surface area contributed by atoms with Crippen molar-refractivity contribution in [2.45, 2.75) is 25.4 Å². The molecule has 0 aromatic heterocycles. The van der Waals surface area contributed by atoms with Crippen molar-refractivity contribution in [1.29, 1.82) is 0 Å². The van der Waals surface area contributed by atoms with E-state index in [0.717, 1.165) is 33.0 Å². The number of nitrogens with zero attached hydrogens (tertiary/aromatic N) is 1. The van der Waals surface area contributed by atoms with Crippen molar-refractivity contribution in [2.75, 3.05) is 24.9 Å². The molecule has 7 heteroatoms. The van der Waals surface area contributed by atoms with E-state index in [-0.39, 0.29) is 12.0 Å². The molecule has 0 aliphatic carbocycles. The van der Waals surface area contributed by atoms with Crippen LogP contribution in [0, 0.1) is 0 Å². The van der Waals surface area contributed by atoms with Crippen molar-refractivity contribution in [3.63, 3.8) is 0 Å². The van der Waals surface area contributed by atoms with Gasteiger partial charge in [-0.15, -0.1) is 0 Å². The summed E-state index contributed by atoms with van der Waals surface area (Å²) in [6.45, 7) is 0.536. The molecule has 0 bridgehead atoms. The Bertz CT molecular complexity index is 837. The summed E-state index contributed by atoms with van der Waals surface area (Å²) in [7, 11) is 3.05. The van der Waals surface area contributed by atoms with E-state index in [1.165, 1.54) is 7.11 Å². The Morgan fingerprint density at radius 1 is 1.15 bits per heavy atom. The second-order valence-corrected chi connectivity index (χ2v) is 7.09. The van der Waals surface area contributed by atoms with Gasteiger partial charge in [0.05, 0.1) is 38.2 Å². The highest BCUT2D eigenvalue weighted by molar-refractivity contribution is 9.10. The van der Waals surface area contributed by atoms with Crippen LogP contribution in [0.25, 0.3) is 0 Å². The maximum absolute atomic E-state index is 11.6. The number of carbonyl (C=O) groups excluding carboxylic acids is 1. The number of amidine groups is 1. The molecular formula is C20H22BrN3O3. The van der Waals surface area contributed by atoms with Crippen LogP contribution in [-0.2, 0) is 16.1 Å². The van der Waals surface area contributed by atoms with Gasteiger partial charge >= 0.3 is 5.97 Å². The van der Waals surface area contributed by atoms with Gasteiger partial charge < -0.3 is 20.1 Å². The van der Waals surface area contributed by atoms with Crippen LogP contribution in [0.5, 0.6) is 5.75 Å². The van der Waals surface area contributed by atoms with Crippen LogP contribution in [0.15, 0.2) is 51.9 Å². The zero-order chi connectivity index (χ0) is 19.2. The van der Waals surface area contributed by atoms with Gasteiger partial charge in [-0.25, -0.2) is 0 Å². The van der Waals surface area contributed by atoms with E-state index in [4.69, 9.17) is 14.5 Å². The van der Waals surface area contributed by atoms with Gasteiger partial charge in [0.2, 0.25) is 0 Å². The van der Waals surface area contributed by atoms with Crippen LogP contribution >= 0.6 is 15.9 Å². The van der Waals surface area contributed by atoms with E-state index in [1.807, 2.05) is 42.5 Å². The Balaban J connectivity index is 1.79. The van der Waals surface area contributed by atoms with E-state index in [0.29, 0.717) is 19.4 Å². The lowest BCUT2D eigenvalue weighted by molar-refractivity contribution is -0.140. The van der Waals surface area contributed by atoms with E-state index < -0.39 is 0 Å². The van der Waals surface area contributed by atoms with Crippen molar-refractivity contribution in [3.8, 4) is 5.75 Å². The van der Waals surface area contributed by atoms with Crippen molar-refractivity contribution in [2.24, 2.45) is 4.99 Å². The van der Waals surface area contributed by atoms with Crippen LogP contribution < -0.4 is 15.4 Å². The van der Waals surface area contributed by atoms with E-state index in [2.05, 4.69) is 26.6 Å². The summed E-state index contributed by atoms with van der Waals surface area (Å²) in [5.41, 5.74) is 3.02. The van der Waals surface area contributed by atoms with Gasteiger partial charge in [-0.3, -0.25) is 9.79 Å². The molecule has 3 rings (SSSR count). The van der Waals surface area contributed by atoms with Gasteiger partial charge in [0.25, 0.3) is 0 Å². The molecule has 2 aromatic carbocycles. The number of ether oxygens (including phenoxy) is 2. The molecule has 0 amide bonds. The predicted molar refractivity (Wildman–Crippen MR) is 111 cm³/mol. The van der Waals surface area contributed by atoms with Crippen molar-refractivity contribution < 1.29 is 14.3 Å². The fraction of sp³-hybridized carbons (Fsp3) is 0.300. The number of aliphatic imine (C=N–C) groups is 1. The monoisotopic (exact) mass is 431 g/mol. The molecule has 0 spiro atoms. The Morgan fingerprint density at radius 3 is 2.63 bits per heavy atom. The van der Waals surface area contributed by atoms with Gasteiger partial charge in [0.1, 0.15) is 11.6 Å². The van der Waals surface area contributed by atoms with Crippen LogP contribution in [-0.4, -0.2) is 32.1 Å². The van der Waals surface area contributed by atoms with E-state index >= 15 is 0 Å². The highest BCUT2D eigenvalue weighted by atomic mass is 79.9. The Kier molecular flexibility index (Phi) is 6.34. The first kappa shape index (κ1) is 19.2. The molecule has 2 aromatic rings. The minimum Gasteiger partial charge on any atom is -0.497 e. The average molecular weight is 432 g/mol. The van der Waals surface area contributed by atoms with Crippen molar-refractivity contribution in [1.82, 2.24) is 0 Å². The molecule has 6 nitrogen and oxygen atoms in total. The molecule has 27 heavy (non-hydrogen) atoms. The second kappa shape index (κ2) is 8.90. The number of methoxy groups -OCH3 is 2. The number of benzene rings is 2. The van der Waals surface area contributed by atoms with Gasteiger partial charge in [-0.1, -0.05) is 28.1 Å². The van der Waals surface area contributed by atoms with Gasteiger partial charge in [-0.05, 0) is 42.3 Å². The summed E-state index contributed by atoms with van der Waals surface area (Å²) < 4.78 is 10.9. The molecule has 142 valence electrons. The summed E-state index contributed by atoms with van der Waals surface area (Å²) in [5, 5.41) is 6.87. The summed E-state index contributed by atoms with van der Waals surface area (Å²) in [6, 6.07) is 13.7. The van der Waals surface area contributed by atoms with Crippen LogP contribution in [0.2, 0.25) is 0 Å². The third-order valence-electron chi connectivity index (χ3n) is 4.36. The maximum Gasteiger partial charge on any atom is 0.305 e. The lowest BCUT2D eigenvalue weighted by Gasteiger charge is -2.30. The molecule has 0 saturated carbocycles. The minimum absolute atomic E-state index is 0.0934. The van der Waals surface area contributed by atoms with Gasteiger partial charge in [-0.2, -0.15) is 0 Å². The SMILES string of the molecule is COC(=O)CCC1Nc2cc(Br)ccc2NC1=NCc1ccc(OC)cc1. The minimum atomic E-state index is -0.230. The Morgan fingerprint density at radius 2 is 1.93 bits per heavy atom. The average Bonchev–Trinajstić information content (AvgIpc) is 2.70. The lowest BCUT2D eigenvalue weighted by atomic mass is 10.1. The fourth-order valence-corrected chi connectivity index (χ4v) is 3.22. The summed E-state index contributed by atoms with van der Waals surface area (Å²) >= 11 is 3.49. The topological polar surface area (TPSA) is 72.0 Å². The third-order valence-corrected chi connectivity index (χ3v) is 4.85. The summed E-state index contributed by atoms with van der Waals surface area (Å²) in [4.78, 5) is 16.3. The standard InChI is InChI=1S/C20H22BrN3O3/c1-26-15-6-3-13(4-7-15)12-22-20-17(9-10-19(25)27-2)23-18-11-14(21)5-8-16(18)24-20/h3-8,11,17,23H,9-10,12H2,1-2H3,(H,22,24). The van der Waals surface area contributed by atoms with Crippen LogP contribution in [0.4, 0.5) is 11.4 Å². The normalized spacial score (nSPS) is 16.9. The molecule has 1 aliphatic rings. The first-order chi connectivity index (χ1) is 13.1. The molecule has 0 saturated heterocycles. The van der Waals surface area contributed by atoms with Crippen molar-refractivity contribution >= 4 is 39.1 Å². The zero-order valence-electron chi connectivity index (χ0n) is 15.3. The Hall–Kier alpha value is -2.54. The first-order valence-corrected chi connectivity index (χ1v) is 9.45. The molecule has 1 unspecified atom stereocenters.